The first-order valence-electron chi connectivity index (χ1n) is 16.4. The van der Waals surface area contributed by atoms with Crippen LogP contribution in [0.4, 0.5) is 0 Å². The molecule has 4 aromatic heterocycles. The maximum absolute atomic E-state index is 5.22. The number of hydrogen-bond acceptors (Lipinski definition) is 3. The lowest BCUT2D eigenvalue weighted by atomic mass is 9.92. The lowest BCUT2D eigenvalue weighted by molar-refractivity contribution is 1.16. The monoisotopic (exact) mass is 626 g/mol. The molecule has 5 aromatic carbocycles. The van der Waals surface area contributed by atoms with Gasteiger partial charge in [-0.05, 0) is 100 Å². The Morgan fingerprint density at radius 2 is 0.980 bits per heavy atom. The van der Waals surface area contributed by atoms with E-state index < -0.39 is 0 Å². The second-order valence-corrected chi connectivity index (χ2v) is 12.2. The average Bonchev–Trinajstić information content (AvgIpc) is 3.53. The molecule has 0 fully saturated rings. The Hall–Kier alpha value is -6.65. The molecule has 9 rings (SSSR count). The molecular weight excluding hydrogens is 597 g/mol. The van der Waals surface area contributed by atoms with Gasteiger partial charge in [-0.25, -0.2) is 4.98 Å². The number of hydrogen-bond donors (Lipinski definition) is 0. The van der Waals surface area contributed by atoms with E-state index in [0.717, 1.165) is 61.6 Å². The van der Waals surface area contributed by atoms with Gasteiger partial charge in [-0.2, -0.15) is 0 Å². The number of fused-ring (bicyclic) bond motifs is 3. The molecule has 4 heterocycles. The van der Waals surface area contributed by atoms with Gasteiger partial charge in [0, 0.05) is 34.4 Å². The van der Waals surface area contributed by atoms with Gasteiger partial charge in [0.15, 0.2) is 0 Å². The van der Waals surface area contributed by atoms with Gasteiger partial charge in [-0.3, -0.25) is 9.97 Å². The molecular formula is C45H30N4. The van der Waals surface area contributed by atoms with Crippen molar-refractivity contribution < 1.29 is 0 Å². The van der Waals surface area contributed by atoms with Crippen molar-refractivity contribution in [3.8, 4) is 61.7 Å². The van der Waals surface area contributed by atoms with Gasteiger partial charge in [0.1, 0.15) is 0 Å². The molecule has 0 spiro atoms. The number of nitrogens with zero attached hydrogens (tertiary/aromatic N) is 4. The summed E-state index contributed by atoms with van der Waals surface area (Å²) >= 11 is 0. The average molecular weight is 627 g/mol. The second kappa shape index (κ2) is 12.2. The SMILES string of the molecule is c1ccc(-c2cc(-c3ccccc3)cc(-c3cc(-c4cccc(-n5c6ccccc6c6ccncc65)c4)nc(-c4ccccn4)c3)c2)cc1. The first-order chi connectivity index (χ1) is 24.3. The first kappa shape index (κ1) is 28.6. The number of para-hydroxylation sites is 1. The number of benzene rings is 5. The molecule has 4 heteroatoms. The second-order valence-electron chi connectivity index (χ2n) is 12.2. The first-order valence-corrected chi connectivity index (χ1v) is 16.4. The summed E-state index contributed by atoms with van der Waals surface area (Å²) in [4.78, 5) is 14.4. The fourth-order valence-corrected chi connectivity index (χ4v) is 6.78. The molecule has 0 aliphatic carbocycles. The van der Waals surface area contributed by atoms with Crippen LogP contribution in [0.25, 0.3) is 83.5 Å². The van der Waals surface area contributed by atoms with Gasteiger partial charge in [-0.1, -0.05) is 97.1 Å². The Morgan fingerprint density at radius 3 is 1.71 bits per heavy atom. The third kappa shape index (κ3) is 5.35. The number of rotatable bonds is 6. The third-order valence-corrected chi connectivity index (χ3v) is 9.11. The van der Waals surface area contributed by atoms with Crippen LogP contribution in [0.15, 0.2) is 182 Å². The Kier molecular flexibility index (Phi) is 7.10. The maximum atomic E-state index is 5.22. The molecule has 0 radical (unpaired) electrons. The van der Waals surface area contributed by atoms with Crippen LogP contribution in [-0.2, 0) is 0 Å². The zero-order valence-corrected chi connectivity index (χ0v) is 26.6. The maximum Gasteiger partial charge on any atom is 0.0899 e. The summed E-state index contributed by atoms with van der Waals surface area (Å²) in [6.45, 7) is 0. The highest BCUT2D eigenvalue weighted by Gasteiger charge is 2.15. The van der Waals surface area contributed by atoms with Gasteiger partial charge < -0.3 is 4.57 Å². The molecule has 4 nitrogen and oxygen atoms in total. The Labute approximate surface area is 284 Å². The summed E-state index contributed by atoms with van der Waals surface area (Å²) in [5.41, 5.74) is 13.7. The quantitative estimate of drug-likeness (QED) is 0.184. The zero-order chi connectivity index (χ0) is 32.6. The lowest BCUT2D eigenvalue weighted by Gasteiger charge is -2.14. The van der Waals surface area contributed by atoms with Crippen molar-refractivity contribution in [3.63, 3.8) is 0 Å². The molecule has 0 unspecified atom stereocenters. The largest absolute Gasteiger partial charge is 0.308 e. The van der Waals surface area contributed by atoms with Crippen LogP contribution in [0, 0.1) is 0 Å². The smallest absolute Gasteiger partial charge is 0.0899 e. The highest BCUT2D eigenvalue weighted by Crippen LogP contribution is 2.37. The topological polar surface area (TPSA) is 43.6 Å². The summed E-state index contributed by atoms with van der Waals surface area (Å²) in [6, 6.07) is 57.6. The van der Waals surface area contributed by atoms with E-state index in [0.29, 0.717) is 0 Å². The number of pyridine rings is 3. The van der Waals surface area contributed by atoms with Crippen molar-refractivity contribution in [2.45, 2.75) is 0 Å². The van der Waals surface area contributed by atoms with Crippen molar-refractivity contribution in [1.82, 2.24) is 19.5 Å². The minimum atomic E-state index is 0.825. The minimum Gasteiger partial charge on any atom is -0.308 e. The van der Waals surface area contributed by atoms with Crippen LogP contribution in [0.5, 0.6) is 0 Å². The van der Waals surface area contributed by atoms with Crippen LogP contribution < -0.4 is 0 Å². The highest BCUT2D eigenvalue weighted by atomic mass is 15.0. The fourth-order valence-electron chi connectivity index (χ4n) is 6.78. The van der Waals surface area contributed by atoms with Crippen molar-refractivity contribution in [3.05, 3.63) is 182 Å². The predicted molar refractivity (Wildman–Crippen MR) is 201 cm³/mol. The number of aromatic nitrogens is 4. The van der Waals surface area contributed by atoms with Crippen LogP contribution in [0.1, 0.15) is 0 Å². The van der Waals surface area contributed by atoms with Crippen molar-refractivity contribution in [2.24, 2.45) is 0 Å². The normalized spacial score (nSPS) is 11.3. The van der Waals surface area contributed by atoms with E-state index in [2.05, 4.69) is 155 Å². The highest BCUT2D eigenvalue weighted by molar-refractivity contribution is 6.09. The summed E-state index contributed by atoms with van der Waals surface area (Å²) in [5, 5.41) is 2.39. The molecule has 49 heavy (non-hydrogen) atoms. The molecule has 0 amide bonds. The lowest BCUT2D eigenvalue weighted by Crippen LogP contribution is -1.96. The van der Waals surface area contributed by atoms with Gasteiger partial charge >= 0.3 is 0 Å². The Balaban J connectivity index is 1.25. The summed E-state index contributed by atoms with van der Waals surface area (Å²) in [6.07, 6.45) is 5.63. The van der Waals surface area contributed by atoms with Crippen LogP contribution in [0.3, 0.4) is 0 Å². The Morgan fingerprint density at radius 1 is 0.367 bits per heavy atom. The van der Waals surface area contributed by atoms with E-state index in [-0.39, 0.29) is 0 Å². The van der Waals surface area contributed by atoms with E-state index >= 15 is 0 Å². The van der Waals surface area contributed by atoms with E-state index in [1.807, 2.05) is 36.8 Å². The van der Waals surface area contributed by atoms with Crippen molar-refractivity contribution in [1.29, 1.82) is 0 Å². The van der Waals surface area contributed by atoms with Crippen LogP contribution in [-0.4, -0.2) is 19.5 Å². The van der Waals surface area contributed by atoms with Gasteiger partial charge in [0.25, 0.3) is 0 Å². The van der Waals surface area contributed by atoms with E-state index in [4.69, 9.17) is 9.97 Å². The van der Waals surface area contributed by atoms with Crippen molar-refractivity contribution in [2.75, 3.05) is 0 Å². The van der Waals surface area contributed by atoms with E-state index in [1.54, 1.807) is 0 Å². The molecule has 9 aromatic rings. The molecule has 0 aliphatic rings. The zero-order valence-electron chi connectivity index (χ0n) is 26.6. The Bertz CT molecular complexity index is 2480. The summed E-state index contributed by atoms with van der Waals surface area (Å²) < 4.78 is 2.29. The van der Waals surface area contributed by atoms with Gasteiger partial charge in [0.05, 0.1) is 34.3 Å². The van der Waals surface area contributed by atoms with Gasteiger partial charge in [-0.15, -0.1) is 0 Å². The van der Waals surface area contributed by atoms with Crippen LogP contribution >= 0.6 is 0 Å². The summed E-state index contributed by atoms with van der Waals surface area (Å²) in [7, 11) is 0. The standard InChI is InChI=1S/C45H30N4/c1-3-12-31(13-4-1)34-24-35(32-14-5-2-6-15-32)26-36(25-34)37-28-42(48-43(29-37)41-19-9-10-22-47-41)33-16-11-17-38(27-33)49-44-20-8-7-18-39(44)40-21-23-46-30-45(40)49/h1-30H. The molecule has 0 atom stereocenters. The van der Waals surface area contributed by atoms with E-state index in [9.17, 15) is 0 Å². The molecule has 0 saturated heterocycles. The minimum absolute atomic E-state index is 0.825. The molecule has 0 N–H and O–H groups in total. The van der Waals surface area contributed by atoms with E-state index in [1.165, 1.54) is 21.9 Å². The van der Waals surface area contributed by atoms with Gasteiger partial charge in [0.2, 0.25) is 0 Å². The van der Waals surface area contributed by atoms with Crippen LogP contribution in [0.2, 0.25) is 0 Å². The summed E-state index contributed by atoms with van der Waals surface area (Å²) in [5.74, 6) is 0. The molecule has 230 valence electrons. The van der Waals surface area contributed by atoms with Crippen molar-refractivity contribution >= 4 is 21.8 Å². The molecule has 0 saturated carbocycles. The molecule has 0 bridgehead atoms. The fraction of sp³-hybridized carbons (Fsp3) is 0. The predicted octanol–water partition coefficient (Wildman–Crippen LogP) is 11.3. The molecule has 0 aliphatic heterocycles. The third-order valence-electron chi connectivity index (χ3n) is 9.11.